The van der Waals surface area contributed by atoms with Crippen LogP contribution in [0.1, 0.15) is 58.3 Å². The van der Waals surface area contributed by atoms with Crippen molar-refractivity contribution in [1.29, 1.82) is 0 Å². The molecule has 2 heteroatoms. The first-order valence-electron chi connectivity index (χ1n) is 5.90. The van der Waals surface area contributed by atoms with Crippen LogP contribution in [0.3, 0.4) is 0 Å². The molecule has 1 aliphatic carbocycles. The fraction of sp³-hybridized carbons (Fsp3) is 0.917. The van der Waals surface area contributed by atoms with E-state index in [1.54, 1.807) is 0 Å². The molecule has 0 unspecified atom stereocenters. The molecule has 1 aliphatic rings. The molecule has 0 aromatic rings. The number of rotatable bonds is 5. The second-order valence-electron chi connectivity index (χ2n) is 4.37. The Hall–Kier alpha value is -0.0400. The SMILES string of the molecule is CCCCCC(=O)C1CCC(Cl)CC1. The molecular formula is C12H21ClO. The molecular weight excluding hydrogens is 196 g/mol. The number of carbonyl (C=O) groups excluding carboxylic acids is 1. The molecule has 0 atom stereocenters. The van der Waals surface area contributed by atoms with Crippen molar-refractivity contribution in [2.45, 2.75) is 63.7 Å². The van der Waals surface area contributed by atoms with Gasteiger partial charge in [-0.2, -0.15) is 0 Å². The van der Waals surface area contributed by atoms with Gasteiger partial charge < -0.3 is 0 Å². The molecule has 1 nitrogen and oxygen atoms in total. The van der Waals surface area contributed by atoms with Gasteiger partial charge in [0.1, 0.15) is 5.78 Å². The maximum atomic E-state index is 11.7. The maximum absolute atomic E-state index is 11.7. The molecule has 0 bridgehead atoms. The molecule has 1 saturated carbocycles. The fourth-order valence-corrected chi connectivity index (χ4v) is 2.38. The van der Waals surface area contributed by atoms with Crippen LogP contribution in [0.5, 0.6) is 0 Å². The van der Waals surface area contributed by atoms with Gasteiger partial charge in [0.2, 0.25) is 0 Å². The first-order chi connectivity index (χ1) is 6.74. The predicted molar refractivity (Wildman–Crippen MR) is 60.7 cm³/mol. The van der Waals surface area contributed by atoms with Crippen LogP contribution in [0.15, 0.2) is 0 Å². The van der Waals surface area contributed by atoms with E-state index in [4.69, 9.17) is 11.6 Å². The topological polar surface area (TPSA) is 17.1 Å². The normalized spacial score (nSPS) is 27.6. The summed E-state index contributed by atoms with van der Waals surface area (Å²) in [6.07, 6.45) is 8.38. The summed E-state index contributed by atoms with van der Waals surface area (Å²) in [6.45, 7) is 2.17. The molecule has 0 amide bonds. The second kappa shape index (κ2) is 6.44. The van der Waals surface area contributed by atoms with E-state index in [0.29, 0.717) is 17.1 Å². The lowest BCUT2D eigenvalue weighted by Gasteiger charge is -2.23. The summed E-state index contributed by atoms with van der Waals surface area (Å²) < 4.78 is 0. The Bertz CT molecular complexity index is 171. The Labute approximate surface area is 92.2 Å². The fourth-order valence-electron chi connectivity index (χ4n) is 2.13. The smallest absolute Gasteiger partial charge is 0.135 e. The second-order valence-corrected chi connectivity index (χ2v) is 4.99. The van der Waals surface area contributed by atoms with Crippen LogP contribution in [-0.4, -0.2) is 11.2 Å². The molecule has 0 radical (unpaired) electrons. The zero-order valence-corrected chi connectivity index (χ0v) is 9.85. The third-order valence-corrected chi connectivity index (χ3v) is 3.58. The summed E-state index contributed by atoms with van der Waals surface area (Å²) in [4.78, 5) is 11.7. The largest absolute Gasteiger partial charge is 0.299 e. The van der Waals surface area contributed by atoms with Crippen molar-refractivity contribution in [1.82, 2.24) is 0 Å². The van der Waals surface area contributed by atoms with Gasteiger partial charge in [-0.25, -0.2) is 0 Å². The van der Waals surface area contributed by atoms with E-state index in [2.05, 4.69) is 6.92 Å². The van der Waals surface area contributed by atoms with Crippen molar-refractivity contribution in [3.8, 4) is 0 Å². The first-order valence-corrected chi connectivity index (χ1v) is 6.34. The molecule has 0 aliphatic heterocycles. The van der Waals surface area contributed by atoms with Crippen molar-refractivity contribution in [3.63, 3.8) is 0 Å². The number of hydrogen-bond acceptors (Lipinski definition) is 1. The summed E-state index contributed by atoms with van der Waals surface area (Å²) in [5.41, 5.74) is 0. The molecule has 0 spiro atoms. The highest BCUT2D eigenvalue weighted by molar-refractivity contribution is 6.20. The third-order valence-electron chi connectivity index (χ3n) is 3.14. The lowest BCUT2D eigenvalue weighted by molar-refractivity contribution is -0.123. The number of Topliss-reactive ketones (excluding diaryl/α,β-unsaturated/α-hetero) is 1. The summed E-state index contributed by atoms with van der Waals surface area (Å²) >= 11 is 6.00. The average molecular weight is 217 g/mol. The number of hydrogen-bond donors (Lipinski definition) is 0. The van der Waals surface area contributed by atoms with E-state index >= 15 is 0 Å². The van der Waals surface area contributed by atoms with Gasteiger partial charge in [-0.05, 0) is 32.1 Å². The van der Waals surface area contributed by atoms with E-state index < -0.39 is 0 Å². The maximum Gasteiger partial charge on any atom is 0.135 e. The van der Waals surface area contributed by atoms with Crippen LogP contribution < -0.4 is 0 Å². The minimum atomic E-state index is 0.328. The van der Waals surface area contributed by atoms with E-state index in [9.17, 15) is 4.79 Å². The highest BCUT2D eigenvalue weighted by atomic mass is 35.5. The van der Waals surface area contributed by atoms with Crippen LogP contribution in [0, 0.1) is 5.92 Å². The number of unbranched alkanes of at least 4 members (excludes halogenated alkanes) is 2. The lowest BCUT2D eigenvalue weighted by Crippen LogP contribution is -2.21. The van der Waals surface area contributed by atoms with Gasteiger partial charge in [0.25, 0.3) is 0 Å². The highest BCUT2D eigenvalue weighted by Crippen LogP contribution is 2.29. The molecule has 82 valence electrons. The predicted octanol–water partition coefficient (Wildman–Crippen LogP) is 3.93. The van der Waals surface area contributed by atoms with Crippen molar-refractivity contribution >= 4 is 17.4 Å². The molecule has 1 rings (SSSR count). The summed E-state index contributed by atoms with van der Waals surface area (Å²) in [7, 11) is 0. The number of alkyl halides is 1. The van der Waals surface area contributed by atoms with Crippen molar-refractivity contribution in [2.75, 3.05) is 0 Å². The molecule has 0 aromatic heterocycles. The van der Waals surface area contributed by atoms with Crippen molar-refractivity contribution < 1.29 is 4.79 Å². The van der Waals surface area contributed by atoms with Crippen LogP contribution in [-0.2, 0) is 4.79 Å². The Morgan fingerprint density at radius 2 is 1.86 bits per heavy atom. The minimum Gasteiger partial charge on any atom is -0.299 e. The van der Waals surface area contributed by atoms with E-state index in [0.717, 1.165) is 38.5 Å². The third kappa shape index (κ3) is 4.00. The standard InChI is InChI=1S/C12H21ClO/c1-2-3-4-5-12(14)10-6-8-11(13)9-7-10/h10-11H,2-9H2,1H3. The molecule has 0 heterocycles. The van der Waals surface area contributed by atoms with Crippen LogP contribution in [0.25, 0.3) is 0 Å². The molecule has 1 fully saturated rings. The van der Waals surface area contributed by atoms with Gasteiger partial charge in [-0.1, -0.05) is 19.8 Å². The highest BCUT2D eigenvalue weighted by Gasteiger charge is 2.24. The quantitative estimate of drug-likeness (QED) is 0.503. The summed E-state index contributed by atoms with van der Waals surface area (Å²) in [5, 5.41) is 0.328. The van der Waals surface area contributed by atoms with E-state index in [1.165, 1.54) is 12.8 Å². The number of carbonyl (C=O) groups is 1. The van der Waals surface area contributed by atoms with Crippen LogP contribution in [0.2, 0.25) is 0 Å². The molecule has 0 aromatic carbocycles. The van der Waals surface area contributed by atoms with Crippen LogP contribution in [0.4, 0.5) is 0 Å². The van der Waals surface area contributed by atoms with Gasteiger partial charge in [0, 0.05) is 17.7 Å². The Kier molecular flexibility index (Phi) is 5.54. The van der Waals surface area contributed by atoms with Gasteiger partial charge in [0.15, 0.2) is 0 Å². The van der Waals surface area contributed by atoms with Gasteiger partial charge >= 0.3 is 0 Å². The molecule has 14 heavy (non-hydrogen) atoms. The van der Waals surface area contributed by atoms with Crippen LogP contribution >= 0.6 is 11.6 Å². The Balaban J connectivity index is 2.17. The zero-order chi connectivity index (χ0) is 10.4. The first kappa shape index (κ1) is 12.0. The summed E-state index contributed by atoms with van der Waals surface area (Å²) in [6, 6.07) is 0. The minimum absolute atomic E-state index is 0.328. The number of halogens is 1. The average Bonchev–Trinajstić information content (AvgIpc) is 2.19. The number of ketones is 1. The Morgan fingerprint density at radius 1 is 1.21 bits per heavy atom. The van der Waals surface area contributed by atoms with Crippen molar-refractivity contribution in [3.05, 3.63) is 0 Å². The summed E-state index contributed by atoms with van der Waals surface area (Å²) in [5.74, 6) is 0.823. The van der Waals surface area contributed by atoms with E-state index in [1.807, 2.05) is 0 Å². The van der Waals surface area contributed by atoms with Gasteiger partial charge in [0.05, 0.1) is 0 Å². The monoisotopic (exact) mass is 216 g/mol. The lowest BCUT2D eigenvalue weighted by atomic mass is 9.84. The zero-order valence-electron chi connectivity index (χ0n) is 9.10. The van der Waals surface area contributed by atoms with Crippen molar-refractivity contribution in [2.24, 2.45) is 5.92 Å². The van der Waals surface area contributed by atoms with E-state index in [-0.39, 0.29) is 0 Å². The molecule has 0 N–H and O–H groups in total. The van der Waals surface area contributed by atoms with Gasteiger partial charge in [-0.3, -0.25) is 4.79 Å². The Morgan fingerprint density at radius 3 is 2.43 bits per heavy atom. The van der Waals surface area contributed by atoms with Gasteiger partial charge in [-0.15, -0.1) is 11.6 Å². The molecule has 0 saturated heterocycles.